The third-order valence-electron chi connectivity index (χ3n) is 2.74. The first kappa shape index (κ1) is 14.9. The van der Waals surface area contributed by atoms with E-state index < -0.39 is 10.9 Å². The number of nitro benzene ring substituents is 1. The van der Waals surface area contributed by atoms with Crippen LogP contribution in [-0.4, -0.2) is 36.1 Å². The summed E-state index contributed by atoms with van der Waals surface area (Å²) in [7, 11) is 1.83. The summed E-state index contributed by atoms with van der Waals surface area (Å²) < 4.78 is 0. The molecule has 0 bridgehead atoms. The number of benzene rings is 1. The maximum atomic E-state index is 11.0. The second kappa shape index (κ2) is 6.69. The number of anilines is 1. The number of hydrogen-bond acceptors (Lipinski definition) is 5. The van der Waals surface area contributed by atoms with E-state index in [0.29, 0.717) is 17.8 Å². The highest BCUT2D eigenvalue weighted by Gasteiger charge is 2.18. The first-order valence-electron chi connectivity index (χ1n) is 5.88. The van der Waals surface area contributed by atoms with Crippen LogP contribution in [0.15, 0.2) is 12.1 Å². The largest absolute Gasteiger partial charge is 0.478 e. The Morgan fingerprint density at radius 2 is 2.11 bits per heavy atom. The molecule has 0 fully saturated rings. The fraction of sp³-hybridized carbons (Fsp3) is 0.417. The Bertz CT molecular complexity index is 488. The highest BCUT2D eigenvalue weighted by Crippen LogP contribution is 2.27. The molecule has 19 heavy (non-hydrogen) atoms. The summed E-state index contributed by atoms with van der Waals surface area (Å²) in [5, 5.41) is 25.9. The number of rotatable bonds is 7. The molecule has 0 unspecified atom stereocenters. The molecule has 0 saturated carbocycles. The van der Waals surface area contributed by atoms with E-state index in [1.165, 1.54) is 6.07 Å². The molecular weight excluding hydrogens is 250 g/mol. The molecule has 0 amide bonds. The van der Waals surface area contributed by atoms with Gasteiger partial charge in [-0.25, -0.2) is 4.79 Å². The maximum absolute atomic E-state index is 11.0. The zero-order valence-electron chi connectivity index (χ0n) is 10.9. The number of nitrogens with one attached hydrogen (secondary N) is 2. The zero-order valence-corrected chi connectivity index (χ0v) is 10.9. The predicted octanol–water partition coefficient (Wildman–Crippen LogP) is 1.62. The van der Waals surface area contributed by atoms with Crippen molar-refractivity contribution in [2.45, 2.75) is 13.3 Å². The van der Waals surface area contributed by atoms with Gasteiger partial charge in [-0.05, 0) is 33.0 Å². The van der Waals surface area contributed by atoms with Crippen molar-refractivity contribution in [3.8, 4) is 0 Å². The van der Waals surface area contributed by atoms with Gasteiger partial charge in [0.25, 0.3) is 5.69 Å². The van der Waals surface area contributed by atoms with Crippen LogP contribution in [0, 0.1) is 17.0 Å². The van der Waals surface area contributed by atoms with E-state index in [0.717, 1.165) is 19.0 Å². The van der Waals surface area contributed by atoms with Gasteiger partial charge >= 0.3 is 5.97 Å². The summed E-state index contributed by atoms with van der Waals surface area (Å²) in [6.45, 7) is 3.03. The van der Waals surface area contributed by atoms with Crippen LogP contribution < -0.4 is 10.6 Å². The number of carbonyl (C=O) groups is 1. The lowest BCUT2D eigenvalue weighted by atomic mass is 10.1. The van der Waals surface area contributed by atoms with Crippen molar-refractivity contribution in [2.75, 3.05) is 25.5 Å². The van der Waals surface area contributed by atoms with Gasteiger partial charge < -0.3 is 15.7 Å². The number of nitrogens with zero attached hydrogens (tertiary/aromatic N) is 1. The minimum Gasteiger partial charge on any atom is -0.478 e. The first-order chi connectivity index (χ1) is 8.97. The van der Waals surface area contributed by atoms with E-state index in [-0.39, 0.29) is 11.3 Å². The second-order valence-electron chi connectivity index (χ2n) is 4.11. The molecule has 0 aliphatic rings. The molecule has 104 valence electrons. The number of carboxylic acid groups (broad SMARTS) is 1. The van der Waals surface area contributed by atoms with Crippen LogP contribution in [0.25, 0.3) is 0 Å². The van der Waals surface area contributed by atoms with E-state index >= 15 is 0 Å². The molecule has 0 atom stereocenters. The van der Waals surface area contributed by atoms with Gasteiger partial charge in [0.05, 0.1) is 10.5 Å². The van der Waals surface area contributed by atoms with Crippen molar-refractivity contribution < 1.29 is 14.8 Å². The van der Waals surface area contributed by atoms with Crippen LogP contribution in [0.1, 0.15) is 22.3 Å². The lowest BCUT2D eigenvalue weighted by Crippen LogP contribution is -2.14. The highest BCUT2D eigenvalue weighted by molar-refractivity contribution is 5.90. The Morgan fingerprint density at radius 1 is 1.42 bits per heavy atom. The molecule has 1 rings (SSSR count). The molecule has 7 heteroatoms. The fourth-order valence-electron chi connectivity index (χ4n) is 1.68. The summed E-state index contributed by atoms with van der Waals surface area (Å²) in [5.41, 5.74) is 0.659. The molecule has 7 nitrogen and oxygen atoms in total. The molecule has 3 N–H and O–H groups in total. The van der Waals surface area contributed by atoms with Crippen LogP contribution in [-0.2, 0) is 0 Å². The molecular formula is C12H17N3O4. The second-order valence-corrected chi connectivity index (χ2v) is 4.11. The first-order valence-corrected chi connectivity index (χ1v) is 5.88. The van der Waals surface area contributed by atoms with Gasteiger partial charge in [-0.1, -0.05) is 0 Å². The van der Waals surface area contributed by atoms with Crippen molar-refractivity contribution in [3.63, 3.8) is 0 Å². The van der Waals surface area contributed by atoms with Crippen molar-refractivity contribution in [3.05, 3.63) is 33.4 Å². The van der Waals surface area contributed by atoms with Gasteiger partial charge in [0, 0.05) is 23.9 Å². The van der Waals surface area contributed by atoms with E-state index in [2.05, 4.69) is 10.6 Å². The van der Waals surface area contributed by atoms with Crippen molar-refractivity contribution in [1.29, 1.82) is 0 Å². The lowest BCUT2D eigenvalue weighted by Gasteiger charge is -2.11. The summed E-state index contributed by atoms with van der Waals surface area (Å²) >= 11 is 0. The molecule has 1 aromatic rings. The van der Waals surface area contributed by atoms with E-state index in [1.807, 2.05) is 7.05 Å². The molecule has 0 spiro atoms. The van der Waals surface area contributed by atoms with Crippen LogP contribution >= 0.6 is 0 Å². The van der Waals surface area contributed by atoms with Crippen LogP contribution in [0.2, 0.25) is 0 Å². The smallest absolute Gasteiger partial charge is 0.336 e. The number of aromatic carboxylic acids is 1. The fourth-order valence-corrected chi connectivity index (χ4v) is 1.68. The van der Waals surface area contributed by atoms with E-state index in [9.17, 15) is 14.9 Å². The highest BCUT2D eigenvalue weighted by atomic mass is 16.6. The third-order valence-corrected chi connectivity index (χ3v) is 2.74. The Morgan fingerprint density at radius 3 is 2.63 bits per heavy atom. The zero-order chi connectivity index (χ0) is 14.4. The maximum Gasteiger partial charge on any atom is 0.336 e. The molecule has 0 saturated heterocycles. The number of nitro groups is 1. The average Bonchev–Trinajstić information content (AvgIpc) is 2.35. The minimum absolute atomic E-state index is 0.0894. The van der Waals surface area contributed by atoms with Crippen molar-refractivity contribution in [2.24, 2.45) is 0 Å². The quantitative estimate of drug-likeness (QED) is 0.394. The minimum atomic E-state index is -1.18. The molecule has 1 aromatic carbocycles. The van der Waals surface area contributed by atoms with Crippen LogP contribution in [0.5, 0.6) is 0 Å². The Kier molecular flexibility index (Phi) is 5.25. The van der Waals surface area contributed by atoms with Gasteiger partial charge in [-0.3, -0.25) is 10.1 Å². The Labute approximate surface area is 110 Å². The summed E-state index contributed by atoms with van der Waals surface area (Å²) in [6, 6.07) is 2.50. The summed E-state index contributed by atoms with van der Waals surface area (Å²) in [4.78, 5) is 21.3. The van der Waals surface area contributed by atoms with Gasteiger partial charge in [0.15, 0.2) is 0 Å². The third kappa shape index (κ3) is 3.92. The lowest BCUT2D eigenvalue weighted by molar-refractivity contribution is -0.385. The summed E-state index contributed by atoms with van der Waals surface area (Å²) in [6.07, 6.45) is 0.834. The van der Waals surface area contributed by atoms with Crippen molar-refractivity contribution in [1.82, 2.24) is 5.32 Å². The van der Waals surface area contributed by atoms with Gasteiger partial charge in [0.2, 0.25) is 0 Å². The molecule has 0 aliphatic carbocycles. The summed E-state index contributed by atoms with van der Waals surface area (Å²) in [5.74, 6) is -1.18. The molecule has 0 radical (unpaired) electrons. The molecule has 0 heterocycles. The van der Waals surface area contributed by atoms with Crippen LogP contribution in [0.3, 0.4) is 0 Å². The average molecular weight is 267 g/mol. The van der Waals surface area contributed by atoms with E-state index in [4.69, 9.17) is 5.11 Å². The topological polar surface area (TPSA) is 104 Å². The number of carboxylic acids is 1. The Balaban J connectivity index is 3.01. The van der Waals surface area contributed by atoms with Crippen LogP contribution in [0.4, 0.5) is 11.4 Å². The van der Waals surface area contributed by atoms with E-state index in [1.54, 1.807) is 6.92 Å². The van der Waals surface area contributed by atoms with Gasteiger partial charge in [-0.15, -0.1) is 0 Å². The molecule has 0 aliphatic heterocycles. The molecule has 0 aromatic heterocycles. The monoisotopic (exact) mass is 267 g/mol. The standard InChI is InChI=1S/C12H17N3O4/c1-8-10(14-5-3-4-13-2)6-9(12(16)17)7-11(8)15(18)19/h6-7,13-14H,3-5H2,1-2H3,(H,16,17). The van der Waals surface area contributed by atoms with Gasteiger partial charge in [0.1, 0.15) is 0 Å². The van der Waals surface area contributed by atoms with Crippen molar-refractivity contribution >= 4 is 17.3 Å². The predicted molar refractivity (Wildman–Crippen MR) is 71.8 cm³/mol. The Hall–Kier alpha value is -2.15. The SMILES string of the molecule is CNCCCNc1cc(C(=O)O)cc([N+](=O)[O-])c1C. The normalized spacial score (nSPS) is 10.2. The number of hydrogen-bond donors (Lipinski definition) is 3. The van der Waals surface area contributed by atoms with Gasteiger partial charge in [-0.2, -0.15) is 0 Å².